The largest absolute Gasteiger partial charge is 0.466 e. The van der Waals surface area contributed by atoms with Crippen LogP contribution in [-0.4, -0.2) is 13.1 Å². The first-order chi connectivity index (χ1) is 10.9. The predicted molar refractivity (Wildman–Crippen MR) is 89.2 cm³/mol. The van der Waals surface area contributed by atoms with Gasteiger partial charge in [-0.2, -0.15) is 5.26 Å². The van der Waals surface area contributed by atoms with Crippen molar-refractivity contribution in [3.05, 3.63) is 57.9 Å². The zero-order valence-electron chi connectivity index (χ0n) is 14.2. The molecule has 4 nitrogen and oxygen atoms in total. The average molecular weight is 310 g/mol. The number of allylic oxidation sites excluding steroid dienone is 3. The molecule has 1 heterocycles. The van der Waals surface area contributed by atoms with Gasteiger partial charge in [0.25, 0.3) is 0 Å². The number of hydrogen-bond acceptors (Lipinski definition) is 4. The zero-order chi connectivity index (χ0) is 17.1. The molecule has 1 aromatic rings. The van der Waals surface area contributed by atoms with Crippen molar-refractivity contribution in [1.29, 1.82) is 5.26 Å². The van der Waals surface area contributed by atoms with Crippen LogP contribution in [0.1, 0.15) is 37.8 Å². The maximum atomic E-state index is 12.3. The van der Waals surface area contributed by atoms with E-state index in [-0.39, 0.29) is 5.92 Å². The van der Waals surface area contributed by atoms with Gasteiger partial charge in [-0.1, -0.05) is 43.7 Å². The molecule has 0 amide bonds. The summed E-state index contributed by atoms with van der Waals surface area (Å²) in [6, 6.07) is 10.2. The highest BCUT2D eigenvalue weighted by Gasteiger charge is 2.35. The molecule has 1 aliphatic rings. The van der Waals surface area contributed by atoms with Crippen molar-refractivity contribution in [1.82, 2.24) is 5.32 Å². The van der Waals surface area contributed by atoms with Gasteiger partial charge in [0.15, 0.2) is 0 Å². The summed E-state index contributed by atoms with van der Waals surface area (Å²) in [5.74, 6) is -0.644. The number of methoxy groups -OCH3 is 1. The Bertz CT molecular complexity index is 719. The van der Waals surface area contributed by atoms with E-state index >= 15 is 0 Å². The molecule has 0 aromatic heterocycles. The molecule has 1 aliphatic heterocycles. The first-order valence-corrected chi connectivity index (χ1v) is 7.67. The van der Waals surface area contributed by atoms with E-state index in [0.717, 1.165) is 22.5 Å². The molecule has 1 N–H and O–H groups in total. The number of esters is 1. The lowest BCUT2D eigenvalue weighted by Crippen LogP contribution is -2.31. The van der Waals surface area contributed by atoms with Gasteiger partial charge in [0.05, 0.1) is 30.2 Å². The number of benzene rings is 1. The van der Waals surface area contributed by atoms with E-state index in [9.17, 15) is 10.1 Å². The molecule has 0 saturated carbocycles. The van der Waals surface area contributed by atoms with Crippen LogP contribution in [0.3, 0.4) is 0 Å². The van der Waals surface area contributed by atoms with Gasteiger partial charge in [0.2, 0.25) is 0 Å². The number of aryl methyl sites for hydroxylation is 1. The second kappa shape index (κ2) is 6.70. The van der Waals surface area contributed by atoms with Gasteiger partial charge in [-0.05, 0) is 25.3 Å². The Morgan fingerprint density at radius 3 is 2.35 bits per heavy atom. The predicted octanol–water partition coefficient (Wildman–Crippen LogP) is 3.56. The summed E-state index contributed by atoms with van der Waals surface area (Å²) in [5.41, 5.74) is 4.74. The van der Waals surface area contributed by atoms with Gasteiger partial charge >= 0.3 is 5.97 Å². The highest BCUT2D eigenvalue weighted by molar-refractivity contribution is 5.93. The van der Waals surface area contributed by atoms with Crippen LogP contribution in [0.4, 0.5) is 0 Å². The fourth-order valence-corrected chi connectivity index (χ4v) is 2.91. The first-order valence-electron chi connectivity index (χ1n) is 7.67. The molecule has 1 unspecified atom stereocenters. The van der Waals surface area contributed by atoms with Gasteiger partial charge in [0.1, 0.15) is 0 Å². The van der Waals surface area contributed by atoms with Crippen LogP contribution in [-0.2, 0) is 9.53 Å². The van der Waals surface area contributed by atoms with Crippen molar-refractivity contribution < 1.29 is 9.53 Å². The lowest BCUT2D eigenvalue weighted by molar-refractivity contribution is -0.136. The molecule has 1 atom stereocenters. The maximum absolute atomic E-state index is 12.3. The van der Waals surface area contributed by atoms with Crippen molar-refractivity contribution in [3.63, 3.8) is 0 Å². The number of carbonyl (C=O) groups excluding carboxylic acids is 1. The van der Waals surface area contributed by atoms with Crippen LogP contribution in [0.2, 0.25) is 0 Å². The monoisotopic (exact) mass is 310 g/mol. The third-order valence-electron chi connectivity index (χ3n) is 4.11. The Morgan fingerprint density at radius 2 is 1.87 bits per heavy atom. The Hall–Kier alpha value is -2.54. The topological polar surface area (TPSA) is 62.1 Å². The number of nitriles is 1. The van der Waals surface area contributed by atoms with Crippen LogP contribution in [0, 0.1) is 24.2 Å². The minimum Gasteiger partial charge on any atom is -0.466 e. The van der Waals surface area contributed by atoms with Crippen LogP contribution in [0.5, 0.6) is 0 Å². The third kappa shape index (κ3) is 3.14. The van der Waals surface area contributed by atoms with E-state index in [1.807, 2.05) is 52.0 Å². The quantitative estimate of drug-likeness (QED) is 0.867. The minimum atomic E-state index is -0.406. The van der Waals surface area contributed by atoms with Gasteiger partial charge in [-0.25, -0.2) is 4.79 Å². The molecular weight excluding hydrogens is 288 g/mol. The highest BCUT2D eigenvalue weighted by atomic mass is 16.5. The summed E-state index contributed by atoms with van der Waals surface area (Å²) in [6.45, 7) is 7.92. The van der Waals surface area contributed by atoms with E-state index in [0.29, 0.717) is 11.1 Å². The number of rotatable bonds is 3. The van der Waals surface area contributed by atoms with Crippen LogP contribution in [0.15, 0.2) is 46.8 Å². The number of dihydropyridines is 1. The van der Waals surface area contributed by atoms with Crippen molar-refractivity contribution in [2.45, 2.75) is 33.6 Å². The second-order valence-corrected chi connectivity index (χ2v) is 6.09. The molecule has 23 heavy (non-hydrogen) atoms. The molecule has 2 rings (SSSR count). The summed E-state index contributed by atoms with van der Waals surface area (Å²) >= 11 is 0. The Morgan fingerprint density at radius 1 is 1.26 bits per heavy atom. The number of carbonyl (C=O) groups is 1. The van der Waals surface area contributed by atoms with Crippen molar-refractivity contribution in [2.75, 3.05) is 7.11 Å². The Balaban J connectivity index is 2.69. The van der Waals surface area contributed by atoms with E-state index in [1.54, 1.807) is 0 Å². The highest BCUT2D eigenvalue weighted by Crippen LogP contribution is 2.39. The van der Waals surface area contributed by atoms with E-state index in [1.165, 1.54) is 7.11 Å². The molecule has 0 aliphatic carbocycles. The molecule has 0 fully saturated rings. The number of ether oxygens (including phenoxy) is 1. The maximum Gasteiger partial charge on any atom is 0.336 e. The summed E-state index contributed by atoms with van der Waals surface area (Å²) in [5, 5.41) is 13.0. The first kappa shape index (κ1) is 16.8. The van der Waals surface area contributed by atoms with Gasteiger partial charge in [-0.3, -0.25) is 0 Å². The second-order valence-electron chi connectivity index (χ2n) is 6.09. The number of hydrogen-bond donors (Lipinski definition) is 1. The lowest BCUT2D eigenvalue weighted by atomic mass is 9.79. The van der Waals surface area contributed by atoms with Crippen molar-refractivity contribution in [2.24, 2.45) is 5.92 Å². The third-order valence-corrected chi connectivity index (χ3v) is 4.11. The Kier molecular flexibility index (Phi) is 4.90. The van der Waals surface area contributed by atoms with Crippen molar-refractivity contribution in [3.8, 4) is 6.07 Å². The Labute approximate surface area is 137 Å². The lowest BCUT2D eigenvalue weighted by Gasteiger charge is -2.31. The van der Waals surface area contributed by atoms with Gasteiger partial charge in [-0.15, -0.1) is 0 Å². The molecule has 0 spiro atoms. The summed E-state index contributed by atoms with van der Waals surface area (Å²) in [7, 11) is 1.36. The number of nitrogens with one attached hydrogen (secondary N) is 1. The van der Waals surface area contributed by atoms with E-state index in [2.05, 4.69) is 11.4 Å². The van der Waals surface area contributed by atoms with Crippen LogP contribution >= 0.6 is 0 Å². The van der Waals surface area contributed by atoms with E-state index in [4.69, 9.17) is 4.74 Å². The fourth-order valence-electron chi connectivity index (χ4n) is 2.91. The summed E-state index contributed by atoms with van der Waals surface area (Å²) < 4.78 is 4.96. The molecule has 1 aromatic carbocycles. The minimum absolute atomic E-state index is 0.159. The SMILES string of the molecule is COC(=O)C1=C(C)NC(C(C)C)=C(C#N)C1c1ccc(C)cc1. The molecular formula is C19H22N2O2. The normalized spacial score (nSPS) is 17.9. The van der Waals surface area contributed by atoms with E-state index < -0.39 is 11.9 Å². The molecule has 4 heteroatoms. The van der Waals surface area contributed by atoms with Crippen LogP contribution in [0.25, 0.3) is 0 Å². The molecule has 120 valence electrons. The molecule has 0 saturated heterocycles. The standard InChI is InChI=1S/C19H22N2O2/c1-11(2)18-15(10-20)17(14-8-6-12(3)7-9-14)16(13(4)21-18)19(22)23-5/h6-9,11,17,21H,1-5H3. The number of nitrogens with zero attached hydrogens (tertiary/aromatic N) is 1. The summed E-state index contributed by atoms with van der Waals surface area (Å²) in [4.78, 5) is 12.3. The smallest absolute Gasteiger partial charge is 0.336 e. The summed E-state index contributed by atoms with van der Waals surface area (Å²) in [6.07, 6.45) is 0. The fraction of sp³-hybridized carbons (Fsp3) is 0.368. The zero-order valence-corrected chi connectivity index (χ0v) is 14.2. The van der Waals surface area contributed by atoms with Gasteiger partial charge in [0, 0.05) is 11.4 Å². The average Bonchev–Trinajstić information content (AvgIpc) is 2.53. The molecule has 0 bridgehead atoms. The van der Waals surface area contributed by atoms with Crippen molar-refractivity contribution >= 4 is 5.97 Å². The van der Waals surface area contributed by atoms with Crippen LogP contribution < -0.4 is 5.32 Å². The molecule has 0 radical (unpaired) electrons. The van der Waals surface area contributed by atoms with Gasteiger partial charge < -0.3 is 10.1 Å².